The molecule has 3 rings (SSSR count). The van der Waals surface area contributed by atoms with Crippen LogP contribution >= 0.6 is 0 Å². The van der Waals surface area contributed by atoms with Crippen molar-refractivity contribution < 1.29 is 9.53 Å². The van der Waals surface area contributed by atoms with E-state index in [2.05, 4.69) is 10.2 Å². The highest BCUT2D eigenvalue weighted by atomic mass is 16.5. The van der Waals surface area contributed by atoms with E-state index < -0.39 is 0 Å². The molecule has 0 aliphatic carbocycles. The molecule has 110 valence electrons. The molecule has 2 aliphatic heterocycles. The van der Waals surface area contributed by atoms with Gasteiger partial charge in [0, 0.05) is 36.4 Å². The van der Waals surface area contributed by atoms with Crippen molar-refractivity contribution in [2.45, 2.75) is 39.5 Å². The molecule has 1 amide bonds. The van der Waals surface area contributed by atoms with E-state index >= 15 is 0 Å². The number of hydrogen-bond acceptors (Lipinski definition) is 3. The molecule has 1 atom stereocenters. The number of rotatable bonds is 2. The van der Waals surface area contributed by atoms with Crippen LogP contribution in [0.25, 0.3) is 0 Å². The normalized spacial score (nSPS) is 26.4. The zero-order valence-corrected chi connectivity index (χ0v) is 12.4. The Bertz CT molecular complexity index is 484. The highest BCUT2D eigenvalue weighted by Crippen LogP contribution is 2.38. The van der Waals surface area contributed by atoms with Crippen molar-refractivity contribution in [2.24, 2.45) is 5.41 Å². The van der Waals surface area contributed by atoms with E-state index in [9.17, 15) is 4.79 Å². The van der Waals surface area contributed by atoms with Crippen molar-refractivity contribution in [3.8, 4) is 0 Å². The van der Waals surface area contributed by atoms with Crippen molar-refractivity contribution in [2.75, 3.05) is 26.3 Å². The third-order valence-electron chi connectivity index (χ3n) is 4.80. The zero-order valence-electron chi connectivity index (χ0n) is 12.4. The Morgan fingerprint density at radius 3 is 2.95 bits per heavy atom. The van der Waals surface area contributed by atoms with Gasteiger partial charge in [0.25, 0.3) is 0 Å². The average Bonchev–Trinajstić information content (AvgIpc) is 2.98. The quantitative estimate of drug-likeness (QED) is 0.893. The van der Waals surface area contributed by atoms with E-state index in [1.165, 1.54) is 6.42 Å². The molecule has 0 radical (unpaired) electrons. The van der Waals surface area contributed by atoms with Gasteiger partial charge < -0.3 is 9.64 Å². The van der Waals surface area contributed by atoms with Crippen LogP contribution in [0.3, 0.4) is 0 Å². The van der Waals surface area contributed by atoms with Crippen LogP contribution in [0.1, 0.15) is 36.2 Å². The van der Waals surface area contributed by atoms with Gasteiger partial charge in [0.1, 0.15) is 0 Å². The molecule has 20 heavy (non-hydrogen) atoms. The molecule has 3 heterocycles. The summed E-state index contributed by atoms with van der Waals surface area (Å²) in [5, 5.41) is 7.11. The fourth-order valence-electron chi connectivity index (χ4n) is 3.48. The summed E-state index contributed by atoms with van der Waals surface area (Å²) in [6.45, 7) is 7.36. The van der Waals surface area contributed by atoms with Gasteiger partial charge in [-0.15, -0.1) is 0 Å². The van der Waals surface area contributed by atoms with E-state index in [1.54, 1.807) is 0 Å². The Kier molecular flexibility index (Phi) is 3.54. The minimum atomic E-state index is 0.222. The molecule has 2 fully saturated rings. The Hall–Kier alpha value is -1.36. The van der Waals surface area contributed by atoms with Gasteiger partial charge in [-0.3, -0.25) is 9.89 Å². The lowest BCUT2D eigenvalue weighted by molar-refractivity contribution is -0.130. The fraction of sp³-hybridized carbons (Fsp3) is 0.733. The second-order valence-corrected chi connectivity index (χ2v) is 6.31. The van der Waals surface area contributed by atoms with E-state index in [0.29, 0.717) is 6.42 Å². The van der Waals surface area contributed by atoms with Crippen LogP contribution in [0.4, 0.5) is 0 Å². The molecule has 1 aromatic rings. The third kappa shape index (κ3) is 2.46. The number of aryl methyl sites for hydroxylation is 2. The Morgan fingerprint density at radius 1 is 1.45 bits per heavy atom. The van der Waals surface area contributed by atoms with Gasteiger partial charge in [-0.05, 0) is 33.1 Å². The maximum absolute atomic E-state index is 12.5. The first-order valence-electron chi connectivity index (χ1n) is 7.46. The first-order chi connectivity index (χ1) is 9.60. The lowest BCUT2D eigenvalue weighted by Gasteiger charge is -2.33. The Balaban J connectivity index is 1.64. The summed E-state index contributed by atoms with van der Waals surface area (Å²) in [4.78, 5) is 14.5. The Morgan fingerprint density at radius 2 is 2.30 bits per heavy atom. The van der Waals surface area contributed by atoms with Crippen LogP contribution in [0.5, 0.6) is 0 Å². The maximum Gasteiger partial charge on any atom is 0.227 e. The highest BCUT2D eigenvalue weighted by molar-refractivity contribution is 5.79. The van der Waals surface area contributed by atoms with Crippen LogP contribution < -0.4 is 0 Å². The zero-order chi connectivity index (χ0) is 14.2. The van der Waals surface area contributed by atoms with Gasteiger partial charge in [0.05, 0.1) is 18.7 Å². The average molecular weight is 277 g/mol. The Labute approximate surface area is 119 Å². The number of nitrogens with one attached hydrogen (secondary N) is 1. The summed E-state index contributed by atoms with van der Waals surface area (Å²) in [5.41, 5.74) is 3.22. The van der Waals surface area contributed by atoms with E-state index in [1.807, 2.05) is 18.7 Å². The summed E-state index contributed by atoms with van der Waals surface area (Å²) in [7, 11) is 0. The number of carbonyl (C=O) groups excluding carboxylic acids is 1. The summed E-state index contributed by atoms with van der Waals surface area (Å²) in [5.74, 6) is 0.222. The van der Waals surface area contributed by atoms with Crippen molar-refractivity contribution >= 4 is 5.91 Å². The fourth-order valence-corrected chi connectivity index (χ4v) is 3.48. The molecule has 0 bridgehead atoms. The van der Waals surface area contributed by atoms with Crippen LogP contribution in [-0.2, 0) is 16.0 Å². The van der Waals surface area contributed by atoms with Gasteiger partial charge >= 0.3 is 0 Å². The van der Waals surface area contributed by atoms with Crippen molar-refractivity contribution in [1.29, 1.82) is 0 Å². The predicted molar refractivity (Wildman–Crippen MR) is 75.4 cm³/mol. The number of ether oxygens (including phenoxy) is 1. The van der Waals surface area contributed by atoms with Gasteiger partial charge in [0.15, 0.2) is 0 Å². The topological polar surface area (TPSA) is 58.2 Å². The number of hydrogen-bond donors (Lipinski definition) is 1. The minimum Gasteiger partial charge on any atom is -0.381 e. The summed E-state index contributed by atoms with van der Waals surface area (Å²) in [6, 6.07) is 0. The molecule has 5 heteroatoms. The number of likely N-dealkylation sites (tertiary alicyclic amines) is 1. The van der Waals surface area contributed by atoms with Crippen LogP contribution in [0.2, 0.25) is 0 Å². The number of carbonyl (C=O) groups is 1. The lowest BCUT2D eigenvalue weighted by Crippen LogP contribution is -2.37. The number of amides is 1. The second kappa shape index (κ2) is 5.20. The molecule has 0 saturated carbocycles. The minimum absolute atomic E-state index is 0.222. The molecule has 1 aromatic heterocycles. The van der Waals surface area contributed by atoms with Crippen molar-refractivity contribution in [3.63, 3.8) is 0 Å². The largest absolute Gasteiger partial charge is 0.381 e. The summed E-state index contributed by atoms with van der Waals surface area (Å²) in [6.07, 6.45) is 3.87. The van der Waals surface area contributed by atoms with Crippen molar-refractivity contribution in [3.05, 3.63) is 17.0 Å². The molecule has 2 aliphatic rings. The van der Waals surface area contributed by atoms with Crippen LogP contribution in [0, 0.1) is 19.3 Å². The number of H-pyrrole nitrogens is 1. The summed E-state index contributed by atoms with van der Waals surface area (Å²) < 4.78 is 5.63. The molecule has 1 unspecified atom stereocenters. The van der Waals surface area contributed by atoms with E-state index in [4.69, 9.17) is 4.74 Å². The van der Waals surface area contributed by atoms with E-state index in [-0.39, 0.29) is 11.3 Å². The van der Waals surface area contributed by atoms with Gasteiger partial charge in [-0.25, -0.2) is 0 Å². The smallest absolute Gasteiger partial charge is 0.227 e. The molecular formula is C15H23N3O2. The molecule has 1 N–H and O–H groups in total. The molecular weight excluding hydrogens is 254 g/mol. The predicted octanol–water partition coefficient (Wildman–Crippen LogP) is 1.60. The highest BCUT2D eigenvalue weighted by Gasteiger charge is 2.41. The third-order valence-corrected chi connectivity index (χ3v) is 4.80. The standard InChI is InChI=1S/C15H23N3O2/c1-11-13(12(2)17-16-11)8-14(19)18-6-5-15(9-18)4-3-7-20-10-15/h3-10H2,1-2H3,(H,16,17). The second-order valence-electron chi connectivity index (χ2n) is 6.31. The molecule has 0 aromatic carbocycles. The number of aromatic nitrogens is 2. The lowest BCUT2D eigenvalue weighted by atomic mass is 9.82. The van der Waals surface area contributed by atoms with Gasteiger partial charge in [0.2, 0.25) is 5.91 Å². The van der Waals surface area contributed by atoms with E-state index in [0.717, 1.165) is 56.1 Å². The van der Waals surface area contributed by atoms with Gasteiger partial charge in [-0.1, -0.05) is 0 Å². The summed E-state index contributed by atoms with van der Waals surface area (Å²) >= 11 is 0. The van der Waals surface area contributed by atoms with Crippen molar-refractivity contribution in [1.82, 2.24) is 15.1 Å². The monoisotopic (exact) mass is 277 g/mol. The molecule has 5 nitrogen and oxygen atoms in total. The maximum atomic E-state index is 12.5. The first-order valence-corrected chi connectivity index (χ1v) is 7.46. The first kappa shape index (κ1) is 13.6. The molecule has 1 spiro atoms. The van der Waals surface area contributed by atoms with Gasteiger partial charge in [-0.2, -0.15) is 5.10 Å². The number of aromatic amines is 1. The SMILES string of the molecule is Cc1n[nH]c(C)c1CC(=O)N1CCC2(CCCOC2)C1. The van der Waals surface area contributed by atoms with Crippen LogP contribution in [0.15, 0.2) is 0 Å². The molecule has 2 saturated heterocycles. The number of nitrogens with zero attached hydrogens (tertiary/aromatic N) is 2. The van der Waals surface area contributed by atoms with Crippen LogP contribution in [-0.4, -0.2) is 47.3 Å².